The molecule has 0 aliphatic heterocycles. The molecule has 0 heterocycles. The van der Waals surface area contributed by atoms with Crippen LogP contribution in [0.1, 0.15) is 79.8 Å². The molecule has 0 spiro atoms. The largest absolute Gasteiger partial charge is 0.493 e. The molecule has 0 fully saturated rings. The molecule has 0 aliphatic rings. The van der Waals surface area contributed by atoms with Crippen LogP contribution in [0.25, 0.3) is 32.3 Å². The van der Waals surface area contributed by atoms with Crippen molar-refractivity contribution in [2.75, 3.05) is 68.8 Å². The van der Waals surface area contributed by atoms with E-state index in [0.29, 0.717) is 58.7 Å². The fourth-order valence-electron chi connectivity index (χ4n) is 9.30. The Morgan fingerprint density at radius 1 is 0.357 bits per heavy atom. The van der Waals surface area contributed by atoms with Crippen LogP contribution in [-0.4, -0.2) is 104 Å². The van der Waals surface area contributed by atoms with E-state index in [4.69, 9.17) is 28.4 Å². The van der Waals surface area contributed by atoms with Gasteiger partial charge in [-0.05, 0) is 104 Å². The van der Waals surface area contributed by atoms with Crippen molar-refractivity contribution in [2.45, 2.75) is 38.8 Å². The summed E-state index contributed by atoms with van der Waals surface area (Å²) in [6.45, 7) is 1.28. The van der Waals surface area contributed by atoms with E-state index in [9.17, 15) is 28.8 Å². The zero-order chi connectivity index (χ0) is 59.5. The molecule has 8 aromatic carbocycles. The Kier molecular flexibility index (Phi) is 20.5. The number of hydrogen-bond donors (Lipinski definition) is 6. The molecular formula is C66H64N6O12. The molecule has 0 unspecified atom stereocenters. The zero-order valence-corrected chi connectivity index (χ0v) is 47.5. The number of methoxy groups -OCH3 is 6. The number of amides is 6. The van der Waals surface area contributed by atoms with Crippen molar-refractivity contribution in [3.05, 3.63) is 166 Å². The standard InChI is InChI=1S/C66H64N6O12/c1-79-53-35-49(36-54(80-2)63(53)83-5)65(77)69-33-31-67-57(73)27-29-59(75)71-39-43-11-7-41(8-12-43)15-17-45-19-21-47-24-26-52-46(20-22-48-23-25-51(45)61(47)62(48)52)18-16-42-9-13-44(14-10-42)40-72-60(76)30-28-58(74)68-32-34-70-66(78)50-37-55(81-3)64(84-6)56(38-50)82-4/h7-14,19-26,35-38H,27-34,39-40H2,1-6H3,(H,67,73)(H,68,74)(H,69,77)(H,70,78)(H,71,75)(H,72,76). The number of hydrogen-bond acceptors (Lipinski definition) is 12. The summed E-state index contributed by atoms with van der Waals surface area (Å²) < 4.78 is 31.9. The highest BCUT2D eigenvalue weighted by Gasteiger charge is 2.19. The number of benzene rings is 8. The van der Waals surface area contributed by atoms with Crippen molar-refractivity contribution in [1.82, 2.24) is 31.9 Å². The Morgan fingerprint density at radius 2 is 0.679 bits per heavy atom. The smallest absolute Gasteiger partial charge is 0.251 e. The van der Waals surface area contributed by atoms with Gasteiger partial charge in [-0.15, -0.1) is 0 Å². The lowest BCUT2D eigenvalue weighted by molar-refractivity contribution is -0.126. The third-order valence-corrected chi connectivity index (χ3v) is 13.7. The Labute approximate surface area is 486 Å². The van der Waals surface area contributed by atoms with E-state index in [2.05, 4.69) is 92.0 Å². The highest BCUT2D eigenvalue weighted by molar-refractivity contribution is 6.25. The van der Waals surface area contributed by atoms with Gasteiger partial charge in [0.25, 0.3) is 11.8 Å². The first-order valence-corrected chi connectivity index (χ1v) is 27.0. The number of carbonyl (C=O) groups is 6. The van der Waals surface area contributed by atoms with Gasteiger partial charge >= 0.3 is 0 Å². The van der Waals surface area contributed by atoms with Crippen molar-refractivity contribution in [3.63, 3.8) is 0 Å². The molecule has 8 aromatic rings. The summed E-state index contributed by atoms with van der Waals surface area (Å²) in [7, 11) is 8.80. The van der Waals surface area contributed by atoms with E-state index in [0.717, 1.165) is 65.7 Å². The molecule has 18 nitrogen and oxygen atoms in total. The molecule has 8 rings (SSSR count). The van der Waals surface area contributed by atoms with Gasteiger partial charge in [-0.25, -0.2) is 0 Å². The van der Waals surface area contributed by atoms with Crippen molar-refractivity contribution in [3.8, 4) is 58.2 Å². The number of ether oxygens (including phenoxy) is 6. The summed E-state index contributed by atoms with van der Waals surface area (Å²) in [5.74, 6) is 13.6. The lowest BCUT2D eigenvalue weighted by atomic mass is 9.90. The maximum absolute atomic E-state index is 12.7. The summed E-state index contributed by atoms with van der Waals surface area (Å²) in [6.07, 6.45) is 0.000395. The molecule has 18 heteroatoms. The molecule has 0 bridgehead atoms. The van der Waals surface area contributed by atoms with Crippen LogP contribution in [0.2, 0.25) is 0 Å². The van der Waals surface area contributed by atoms with E-state index in [1.807, 2.05) is 60.7 Å². The van der Waals surface area contributed by atoms with E-state index in [1.54, 1.807) is 0 Å². The van der Waals surface area contributed by atoms with Crippen molar-refractivity contribution >= 4 is 67.8 Å². The summed E-state index contributed by atoms with van der Waals surface area (Å²) >= 11 is 0. The number of rotatable bonds is 24. The van der Waals surface area contributed by atoms with Gasteiger partial charge in [0.05, 0.1) is 42.7 Å². The second-order valence-electron chi connectivity index (χ2n) is 19.1. The van der Waals surface area contributed by atoms with Gasteiger partial charge in [0.15, 0.2) is 23.0 Å². The number of nitrogens with one attached hydrogen (secondary N) is 6. The van der Waals surface area contributed by atoms with Crippen molar-refractivity contribution in [2.24, 2.45) is 0 Å². The SMILES string of the molecule is COc1cc(C(=O)NCCNC(=O)CCC(=O)NCc2ccc(C#Cc3ccc4ccc5c(C#Cc6ccc(CNC(=O)CCC(=O)NCCNC(=O)c7cc(OC)c(OC)c(OC)c7)cc6)ccc6ccc3c4c65)cc2)cc(OC)c1OC. The summed E-state index contributed by atoms with van der Waals surface area (Å²) in [5.41, 5.74) is 5.78. The van der Waals surface area contributed by atoms with Crippen LogP contribution in [0.3, 0.4) is 0 Å². The van der Waals surface area contributed by atoms with Gasteiger partial charge in [-0.1, -0.05) is 84.3 Å². The minimum atomic E-state index is -0.381. The average Bonchev–Trinajstić information content (AvgIpc) is 1.19. The Balaban J connectivity index is 0.773. The van der Waals surface area contributed by atoms with E-state index in [-0.39, 0.29) is 87.3 Å². The van der Waals surface area contributed by atoms with Crippen LogP contribution in [0.15, 0.2) is 121 Å². The summed E-state index contributed by atoms with van der Waals surface area (Å²) in [5, 5.41) is 23.2. The van der Waals surface area contributed by atoms with Gasteiger partial charge in [0.2, 0.25) is 35.1 Å². The first kappa shape index (κ1) is 59.7. The minimum Gasteiger partial charge on any atom is -0.493 e. The first-order chi connectivity index (χ1) is 40.8. The molecule has 84 heavy (non-hydrogen) atoms. The van der Waals surface area contributed by atoms with Crippen LogP contribution < -0.4 is 60.3 Å². The Hall–Kier alpha value is -10.5. The summed E-state index contributed by atoms with van der Waals surface area (Å²) in [4.78, 5) is 75.6. The van der Waals surface area contributed by atoms with E-state index < -0.39 is 0 Å². The molecule has 430 valence electrons. The highest BCUT2D eigenvalue weighted by Crippen LogP contribution is 2.40. The zero-order valence-electron chi connectivity index (χ0n) is 47.5. The van der Waals surface area contributed by atoms with Gasteiger partial charge in [0.1, 0.15) is 0 Å². The molecule has 6 N–H and O–H groups in total. The van der Waals surface area contributed by atoms with E-state index in [1.165, 1.54) is 66.9 Å². The molecule has 0 aliphatic carbocycles. The van der Waals surface area contributed by atoms with Crippen LogP contribution in [0.4, 0.5) is 0 Å². The minimum absolute atomic E-state index is 0.00647. The molecule has 0 aromatic heterocycles. The first-order valence-electron chi connectivity index (χ1n) is 27.0. The lowest BCUT2D eigenvalue weighted by Crippen LogP contribution is -2.35. The van der Waals surface area contributed by atoms with Gasteiger partial charge in [-0.3, -0.25) is 28.8 Å². The van der Waals surface area contributed by atoms with Crippen LogP contribution in [0, 0.1) is 23.7 Å². The van der Waals surface area contributed by atoms with Gasteiger partial charge < -0.3 is 60.3 Å². The van der Waals surface area contributed by atoms with Gasteiger partial charge in [-0.2, -0.15) is 0 Å². The Bertz CT molecular complexity index is 3560. The molecule has 0 saturated heterocycles. The fourth-order valence-corrected chi connectivity index (χ4v) is 9.30. The monoisotopic (exact) mass is 1130 g/mol. The molecule has 6 amide bonds. The Morgan fingerprint density at radius 3 is 1.01 bits per heavy atom. The molecule has 0 saturated carbocycles. The second-order valence-corrected chi connectivity index (χ2v) is 19.1. The highest BCUT2D eigenvalue weighted by atomic mass is 16.5. The molecular weight excluding hydrogens is 1070 g/mol. The summed E-state index contributed by atoms with van der Waals surface area (Å²) in [6, 6.07) is 38.2. The third-order valence-electron chi connectivity index (χ3n) is 13.7. The van der Waals surface area contributed by atoms with Crippen LogP contribution in [0.5, 0.6) is 34.5 Å². The van der Waals surface area contributed by atoms with Crippen molar-refractivity contribution in [1.29, 1.82) is 0 Å². The molecule has 0 atom stereocenters. The van der Waals surface area contributed by atoms with Crippen molar-refractivity contribution < 1.29 is 57.2 Å². The topological polar surface area (TPSA) is 230 Å². The fraction of sp³-hybridized carbons (Fsp3) is 0.242. The maximum Gasteiger partial charge on any atom is 0.251 e. The van der Waals surface area contributed by atoms with Crippen LogP contribution >= 0.6 is 0 Å². The number of carbonyl (C=O) groups excluding carboxylic acids is 6. The molecule has 0 radical (unpaired) electrons. The lowest BCUT2D eigenvalue weighted by Gasteiger charge is -2.14. The van der Waals surface area contributed by atoms with Gasteiger partial charge in [0, 0.05) is 98.3 Å². The normalized spacial score (nSPS) is 10.6. The van der Waals surface area contributed by atoms with E-state index >= 15 is 0 Å². The predicted octanol–water partition coefficient (Wildman–Crippen LogP) is 7.32. The second kappa shape index (κ2) is 28.8. The van der Waals surface area contributed by atoms with Crippen LogP contribution in [-0.2, 0) is 32.3 Å². The predicted molar refractivity (Wildman–Crippen MR) is 320 cm³/mol. The quantitative estimate of drug-likeness (QED) is 0.0199. The maximum atomic E-state index is 12.7. The third kappa shape index (κ3) is 15.1. The average molecular weight is 1130 g/mol.